The minimum atomic E-state index is -3.96. The second-order valence-electron chi connectivity index (χ2n) is 5.12. The number of nitrogens with one attached hydrogen (secondary N) is 1. The third kappa shape index (κ3) is 2.88. The highest BCUT2D eigenvalue weighted by molar-refractivity contribution is 7.89. The molecule has 5 nitrogen and oxygen atoms in total. The monoisotopic (exact) mass is 288 g/mol. The van der Waals surface area contributed by atoms with Crippen LogP contribution in [0.4, 0.5) is 10.1 Å². The summed E-state index contributed by atoms with van der Waals surface area (Å²) in [5, 5.41) is 0. The van der Waals surface area contributed by atoms with E-state index in [1.807, 2.05) is 0 Å². The Hall–Kier alpha value is -1.18. The molecule has 0 radical (unpaired) electrons. The lowest BCUT2D eigenvalue weighted by atomic mass is 10.0. The number of benzene rings is 1. The average Bonchev–Trinajstić information content (AvgIpc) is 2.68. The van der Waals surface area contributed by atoms with Crippen LogP contribution in [0.3, 0.4) is 0 Å². The molecule has 1 atom stereocenters. The fraction of sp³-hybridized carbons (Fsp3) is 0.500. The topological polar surface area (TPSA) is 81.4 Å². The van der Waals surface area contributed by atoms with E-state index in [0.717, 1.165) is 6.07 Å². The minimum absolute atomic E-state index is 0.202. The number of rotatable bonds is 3. The number of anilines is 1. The second-order valence-corrected chi connectivity index (χ2v) is 6.77. The Kier molecular flexibility index (Phi) is 3.55. The van der Waals surface area contributed by atoms with Crippen LogP contribution in [0.25, 0.3) is 0 Å². The van der Waals surface area contributed by atoms with Crippen molar-refractivity contribution in [2.24, 2.45) is 0 Å². The van der Waals surface area contributed by atoms with Crippen LogP contribution >= 0.6 is 0 Å². The number of aryl methyl sites for hydroxylation is 1. The summed E-state index contributed by atoms with van der Waals surface area (Å²) in [7, 11) is -3.96. The first-order valence-corrected chi connectivity index (χ1v) is 7.39. The Morgan fingerprint density at radius 1 is 1.47 bits per heavy atom. The SMILES string of the molecule is Cc1cc(N)cc(S(=O)(=O)NC2(C)CCOC2)c1F. The van der Waals surface area contributed by atoms with Crippen molar-refractivity contribution in [2.75, 3.05) is 18.9 Å². The van der Waals surface area contributed by atoms with Crippen LogP contribution in [-0.2, 0) is 14.8 Å². The molecule has 3 N–H and O–H groups in total. The van der Waals surface area contributed by atoms with E-state index in [1.165, 1.54) is 13.0 Å². The van der Waals surface area contributed by atoms with Gasteiger partial charge in [-0.3, -0.25) is 0 Å². The van der Waals surface area contributed by atoms with Gasteiger partial charge >= 0.3 is 0 Å². The van der Waals surface area contributed by atoms with Gasteiger partial charge in [0.25, 0.3) is 0 Å². The van der Waals surface area contributed by atoms with Crippen molar-refractivity contribution in [1.29, 1.82) is 0 Å². The Balaban J connectivity index is 2.40. The molecule has 1 aromatic carbocycles. The van der Waals surface area contributed by atoms with Gasteiger partial charge in [0.15, 0.2) is 0 Å². The number of halogens is 1. The molecule has 0 amide bonds. The number of nitrogen functional groups attached to an aromatic ring is 1. The van der Waals surface area contributed by atoms with Crippen molar-refractivity contribution in [3.63, 3.8) is 0 Å². The highest BCUT2D eigenvalue weighted by atomic mass is 32.2. The molecular weight excluding hydrogens is 271 g/mol. The lowest BCUT2D eigenvalue weighted by Crippen LogP contribution is -2.46. The molecular formula is C12H17FN2O3S. The zero-order valence-electron chi connectivity index (χ0n) is 10.9. The van der Waals surface area contributed by atoms with E-state index < -0.39 is 26.3 Å². The van der Waals surface area contributed by atoms with Crippen LogP contribution in [0, 0.1) is 12.7 Å². The summed E-state index contributed by atoms with van der Waals surface area (Å²) in [5.41, 5.74) is 5.29. The number of hydrogen-bond acceptors (Lipinski definition) is 4. The minimum Gasteiger partial charge on any atom is -0.399 e. The molecule has 0 aliphatic carbocycles. The second kappa shape index (κ2) is 4.73. The number of sulfonamides is 1. The summed E-state index contributed by atoms with van der Waals surface area (Å²) in [6.07, 6.45) is 0.551. The molecule has 0 bridgehead atoms. The van der Waals surface area contributed by atoms with Gasteiger partial charge in [-0.1, -0.05) is 0 Å². The molecule has 106 valence electrons. The molecule has 1 aromatic rings. The molecule has 1 aliphatic heterocycles. The predicted molar refractivity (Wildman–Crippen MR) is 69.7 cm³/mol. The van der Waals surface area contributed by atoms with E-state index >= 15 is 0 Å². The largest absolute Gasteiger partial charge is 0.399 e. The van der Waals surface area contributed by atoms with Crippen LogP contribution in [0.1, 0.15) is 18.9 Å². The predicted octanol–water partition coefficient (Wildman–Crippen LogP) is 1.17. The lowest BCUT2D eigenvalue weighted by Gasteiger charge is -2.23. The van der Waals surface area contributed by atoms with Crippen molar-refractivity contribution in [1.82, 2.24) is 4.72 Å². The Labute approximate surface area is 112 Å². The van der Waals surface area contributed by atoms with E-state index in [1.54, 1.807) is 6.92 Å². The van der Waals surface area contributed by atoms with Gasteiger partial charge in [-0.15, -0.1) is 0 Å². The fourth-order valence-corrected chi connectivity index (χ4v) is 3.69. The molecule has 1 saturated heterocycles. The van der Waals surface area contributed by atoms with E-state index in [4.69, 9.17) is 10.5 Å². The van der Waals surface area contributed by atoms with Gasteiger partial charge in [-0.25, -0.2) is 17.5 Å². The van der Waals surface area contributed by atoms with E-state index in [2.05, 4.69) is 4.72 Å². The lowest BCUT2D eigenvalue weighted by molar-refractivity contribution is 0.178. The third-order valence-electron chi connectivity index (χ3n) is 3.13. The van der Waals surface area contributed by atoms with E-state index in [0.29, 0.717) is 13.0 Å². The van der Waals surface area contributed by atoms with Crippen molar-refractivity contribution in [2.45, 2.75) is 30.7 Å². The zero-order chi connectivity index (χ0) is 14.3. The maximum Gasteiger partial charge on any atom is 0.244 e. The van der Waals surface area contributed by atoms with Crippen molar-refractivity contribution < 1.29 is 17.5 Å². The van der Waals surface area contributed by atoms with Gasteiger partial charge < -0.3 is 10.5 Å². The summed E-state index contributed by atoms with van der Waals surface area (Å²) >= 11 is 0. The van der Waals surface area contributed by atoms with Crippen LogP contribution < -0.4 is 10.5 Å². The van der Waals surface area contributed by atoms with Crippen LogP contribution in [0.5, 0.6) is 0 Å². The molecule has 0 saturated carbocycles. The first-order valence-electron chi connectivity index (χ1n) is 5.91. The summed E-state index contributed by atoms with van der Waals surface area (Å²) in [4.78, 5) is -0.418. The third-order valence-corrected chi connectivity index (χ3v) is 4.77. The average molecular weight is 288 g/mol. The summed E-state index contributed by atoms with van der Waals surface area (Å²) in [6.45, 7) is 3.96. The van der Waals surface area contributed by atoms with E-state index in [9.17, 15) is 12.8 Å². The first kappa shape index (κ1) is 14.2. The van der Waals surface area contributed by atoms with Gasteiger partial charge in [0, 0.05) is 12.3 Å². The quantitative estimate of drug-likeness (QED) is 0.818. The number of nitrogens with two attached hydrogens (primary N) is 1. The molecule has 1 fully saturated rings. The van der Waals surface area contributed by atoms with Crippen LogP contribution in [0.15, 0.2) is 17.0 Å². The highest BCUT2D eigenvalue weighted by Gasteiger charge is 2.35. The molecule has 0 spiro atoms. The van der Waals surface area contributed by atoms with Crippen LogP contribution in [0.2, 0.25) is 0 Å². The summed E-state index contributed by atoms with van der Waals surface area (Å²) < 4.78 is 46.2. The van der Waals surface area contributed by atoms with Crippen molar-refractivity contribution >= 4 is 15.7 Å². The fourth-order valence-electron chi connectivity index (χ4n) is 2.09. The van der Waals surface area contributed by atoms with Gasteiger partial charge in [0.1, 0.15) is 10.7 Å². The van der Waals surface area contributed by atoms with Gasteiger partial charge in [0.05, 0.1) is 12.1 Å². The molecule has 1 heterocycles. The maximum absolute atomic E-state index is 14.0. The molecule has 19 heavy (non-hydrogen) atoms. The Morgan fingerprint density at radius 3 is 2.74 bits per heavy atom. The number of hydrogen-bond donors (Lipinski definition) is 2. The first-order chi connectivity index (χ1) is 8.73. The Morgan fingerprint density at radius 2 is 2.16 bits per heavy atom. The zero-order valence-corrected chi connectivity index (χ0v) is 11.7. The van der Waals surface area contributed by atoms with Gasteiger partial charge in [-0.2, -0.15) is 0 Å². The molecule has 2 rings (SSSR count). The summed E-state index contributed by atoms with van der Waals surface area (Å²) in [6, 6.07) is 2.53. The molecule has 1 aliphatic rings. The highest BCUT2D eigenvalue weighted by Crippen LogP contribution is 2.25. The van der Waals surface area contributed by atoms with Gasteiger partial charge in [0.2, 0.25) is 10.0 Å². The summed E-state index contributed by atoms with van der Waals surface area (Å²) in [5.74, 6) is -0.774. The normalized spacial score (nSPS) is 23.7. The van der Waals surface area contributed by atoms with Crippen molar-refractivity contribution in [3.05, 3.63) is 23.5 Å². The van der Waals surface area contributed by atoms with Crippen molar-refractivity contribution in [3.8, 4) is 0 Å². The molecule has 7 heteroatoms. The van der Waals surface area contributed by atoms with Gasteiger partial charge in [-0.05, 0) is 38.0 Å². The molecule has 0 aromatic heterocycles. The van der Waals surface area contributed by atoms with E-state index in [-0.39, 0.29) is 17.9 Å². The maximum atomic E-state index is 14.0. The number of ether oxygens (including phenoxy) is 1. The molecule has 1 unspecified atom stereocenters. The Bertz CT molecular complexity index is 595. The van der Waals surface area contributed by atoms with Crippen LogP contribution in [-0.4, -0.2) is 27.2 Å². The smallest absolute Gasteiger partial charge is 0.244 e. The standard InChI is InChI=1S/C12H17FN2O3S/c1-8-5-9(14)6-10(11(8)13)19(16,17)15-12(2)3-4-18-7-12/h5-6,15H,3-4,7,14H2,1-2H3.